The zero-order chi connectivity index (χ0) is 13.9. The van der Waals surface area contributed by atoms with Crippen molar-refractivity contribution in [2.75, 3.05) is 19.7 Å². The molecule has 2 heterocycles. The van der Waals surface area contributed by atoms with E-state index in [1.165, 1.54) is 12.1 Å². The highest BCUT2D eigenvalue weighted by Gasteiger charge is 2.24. The summed E-state index contributed by atoms with van der Waals surface area (Å²) in [7, 11) is 0. The van der Waals surface area contributed by atoms with Gasteiger partial charge < -0.3 is 4.74 Å². The normalized spacial score (nSPS) is 20.2. The van der Waals surface area contributed by atoms with Crippen molar-refractivity contribution in [3.8, 4) is 0 Å². The number of thiazole rings is 1. The molecule has 1 fully saturated rings. The van der Waals surface area contributed by atoms with E-state index in [0.717, 1.165) is 30.9 Å². The van der Waals surface area contributed by atoms with Gasteiger partial charge in [0, 0.05) is 35.6 Å². The monoisotopic (exact) mass is 312 g/mol. The molecule has 0 spiro atoms. The number of benzene rings is 1. The quantitative estimate of drug-likeness (QED) is 0.867. The first-order chi connectivity index (χ1) is 9.72. The van der Waals surface area contributed by atoms with Crippen molar-refractivity contribution >= 4 is 22.9 Å². The van der Waals surface area contributed by atoms with Crippen molar-refractivity contribution < 1.29 is 9.13 Å². The lowest BCUT2D eigenvalue weighted by Crippen LogP contribution is -2.38. The van der Waals surface area contributed by atoms with Crippen LogP contribution in [-0.2, 0) is 11.3 Å². The Morgan fingerprint density at radius 3 is 3.15 bits per heavy atom. The van der Waals surface area contributed by atoms with Crippen LogP contribution in [0.2, 0.25) is 5.02 Å². The molecule has 0 radical (unpaired) electrons. The van der Waals surface area contributed by atoms with Gasteiger partial charge >= 0.3 is 0 Å². The average molecular weight is 313 g/mol. The maximum absolute atomic E-state index is 13.1. The fraction of sp³-hybridized carbons (Fsp3) is 0.357. The molecule has 1 aliphatic heterocycles. The fourth-order valence-electron chi connectivity index (χ4n) is 2.34. The highest BCUT2D eigenvalue weighted by molar-refractivity contribution is 7.07. The Morgan fingerprint density at radius 1 is 1.50 bits per heavy atom. The molecule has 0 bridgehead atoms. The van der Waals surface area contributed by atoms with Gasteiger partial charge in [-0.25, -0.2) is 9.37 Å². The molecule has 3 rings (SSSR count). The molecule has 0 N–H and O–H groups in total. The van der Waals surface area contributed by atoms with Gasteiger partial charge in [-0.1, -0.05) is 17.7 Å². The molecular weight excluding hydrogens is 299 g/mol. The third-order valence-corrected chi connectivity index (χ3v) is 4.29. The minimum absolute atomic E-state index is 0.115. The minimum Gasteiger partial charge on any atom is -0.371 e. The number of hydrogen-bond donors (Lipinski definition) is 0. The first kappa shape index (κ1) is 13.9. The fourth-order valence-corrected chi connectivity index (χ4v) is 3.18. The molecule has 1 aromatic heterocycles. The Bertz CT molecular complexity index is 579. The Kier molecular flexibility index (Phi) is 4.31. The Balaban J connectivity index is 1.71. The predicted molar refractivity (Wildman–Crippen MR) is 77.5 cm³/mol. The number of rotatable bonds is 3. The summed E-state index contributed by atoms with van der Waals surface area (Å²) < 4.78 is 18.9. The molecule has 0 amide bonds. The molecule has 0 aliphatic carbocycles. The first-order valence-electron chi connectivity index (χ1n) is 6.38. The van der Waals surface area contributed by atoms with Crippen molar-refractivity contribution in [3.63, 3.8) is 0 Å². The molecule has 0 saturated carbocycles. The van der Waals surface area contributed by atoms with E-state index in [1.807, 2.05) is 5.51 Å². The molecule has 106 valence electrons. The average Bonchev–Trinajstić information content (AvgIpc) is 2.92. The molecular formula is C14H14ClFN2OS. The lowest BCUT2D eigenvalue weighted by molar-refractivity contribution is -0.0332. The topological polar surface area (TPSA) is 25.4 Å². The predicted octanol–water partition coefficient (Wildman–Crippen LogP) is 3.51. The van der Waals surface area contributed by atoms with E-state index < -0.39 is 0 Å². The highest BCUT2D eigenvalue weighted by Crippen LogP contribution is 2.29. The van der Waals surface area contributed by atoms with Gasteiger partial charge in [-0.2, -0.15) is 0 Å². The number of hydrogen-bond acceptors (Lipinski definition) is 4. The van der Waals surface area contributed by atoms with Crippen molar-refractivity contribution in [2.45, 2.75) is 12.6 Å². The van der Waals surface area contributed by atoms with Crippen LogP contribution in [0, 0.1) is 5.82 Å². The third kappa shape index (κ3) is 3.17. The SMILES string of the molecule is Fc1ccc([C@@H]2CN(Cc3cscn3)CCO2)c(Cl)c1. The van der Waals surface area contributed by atoms with Gasteiger partial charge in [-0.05, 0) is 12.1 Å². The van der Waals surface area contributed by atoms with Crippen molar-refractivity contribution in [1.29, 1.82) is 0 Å². The third-order valence-electron chi connectivity index (χ3n) is 3.33. The Hall–Kier alpha value is -1.01. The maximum atomic E-state index is 13.1. The molecule has 1 aromatic carbocycles. The second-order valence-electron chi connectivity index (χ2n) is 4.74. The lowest BCUT2D eigenvalue weighted by atomic mass is 10.1. The molecule has 0 unspecified atom stereocenters. The summed E-state index contributed by atoms with van der Waals surface area (Å²) in [6.45, 7) is 3.06. The van der Waals surface area contributed by atoms with Gasteiger partial charge in [-0.3, -0.25) is 4.90 Å². The van der Waals surface area contributed by atoms with E-state index in [4.69, 9.17) is 16.3 Å². The van der Waals surface area contributed by atoms with Gasteiger partial charge in [-0.15, -0.1) is 11.3 Å². The highest BCUT2D eigenvalue weighted by atomic mass is 35.5. The van der Waals surface area contributed by atoms with Crippen LogP contribution >= 0.6 is 22.9 Å². The summed E-state index contributed by atoms with van der Waals surface area (Å²) >= 11 is 7.70. The summed E-state index contributed by atoms with van der Waals surface area (Å²) in [5.41, 5.74) is 3.75. The summed E-state index contributed by atoms with van der Waals surface area (Å²) in [5, 5.41) is 2.47. The second-order valence-corrected chi connectivity index (χ2v) is 5.87. The van der Waals surface area contributed by atoms with Crippen molar-refractivity contribution in [2.24, 2.45) is 0 Å². The zero-order valence-electron chi connectivity index (χ0n) is 10.8. The largest absolute Gasteiger partial charge is 0.371 e. The smallest absolute Gasteiger partial charge is 0.124 e. The lowest BCUT2D eigenvalue weighted by Gasteiger charge is -2.33. The maximum Gasteiger partial charge on any atom is 0.124 e. The number of halogens is 2. The van der Waals surface area contributed by atoms with Gasteiger partial charge in [0.25, 0.3) is 0 Å². The number of ether oxygens (including phenoxy) is 1. The van der Waals surface area contributed by atoms with E-state index in [-0.39, 0.29) is 11.9 Å². The van der Waals surface area contributed by atoms with Crippen LogP contribution < -0.4 is 0 Å². The summed E-state index contributed by atoms with van der Waals surface area (Å²) in [4.78, 5) is 6.58. The van der Waals surface area contributed by atoms with E-state index in [1.54, 1.807) is 17.4 Å². The van der Waals surface area contributed by atoms with Crippen LogP contribution in [0.4, 0.5) is 4.39 Å². The Labute approximate surface area is 126 Å². The van der Waals surface area contributed by atoms with E-state index in [9.17, 15) is 4.39 Å². The second kappa shape index (κ2) is 6.18. The van der Waals surface area contributed by atoms with E-state index in [0.29, 0.717) is 11.6 Å². The number of nitrogens with zero attached hydrogens (tertiary/aromatic N) is 2. The molecule has 3 nitrogen and oxygen atoms in total. The van der Waals surface area contributed by atoms with Crippen LogP contribution in [0.3, 0.4) is 0 Å². The van der Waals surface area contributed by atoms with Crippen molar-refractivity contribution in [1.82, 2.24) is 9.88 Å². The zero-order valence-corrected chi connectivity index (χ0v) is 12.3. The number of aromatic nitrogens is 1. The standard InChI is InChI=1S/C14H14ClFN2OS/c15-13-5-10(16)1-2-12(13)14-7-18(3-4-19-14)6-11-8-20-9-17-11/h1-2,5,8-9,14H,3-4,6-7H2/t14-/m0/s1. The molecule has 2 aromatic rings. The van der Waals surface area contributed by atoms with Crippen LogP contribution in [-0.4, -0.2) is 29.6 Å². The molecule has 1 aliphatic rings. The molecule has 1 atom stereocenters. The summed E-state index contributed by atoms with van der Waals surface area (Å²) in [5.74, 6) is -0.325. The van der Waals surface area contributed by atoms with Gasteiger partial charge in [0.2, 0.25) is 0 Å². The van der Waals surface area contributed by atoms with Crippen LogP contribution in [0.15, 0.2) is 29.1 Å². The Morgan fingerprint density at radius 2 is 2.40 bits per heavy atom. The minimum atomic E-state index is -0.325. The van der Waals surface area contributed by atoms with Gasteiger partial charge in [0.15, 0.2) is 0 Å². The number of morpholine rings is 1. The molecule has 6 heteroatoms. The first-order valence-corrected chi connectivity index (χ1v) is 7.70. The van der Waals surface area contributed by atoms with Gasteiger partial charge in [0.1, 0.15) is 5.82 Å². The van der Waals surface area contributed by atoms with Crippen LogP contribution in [0.1, 0.15) is 17.4 Å². The summed E-state index contributed by atoms with van der Waals surface area (Å²) in [6, 6.07) is 4.46. The van der Waals surface area contributed by atoms with E-state index >= 15 is 0 Å². The summed E-state index contributed by atoms with van der Waals surface area (Å²) in [6.07, 6.45) is -0.115. The van der Waals surface area contributed by atoms with Crippen LogP contribution in [0.25, 0.3) is 0 Å². The van der Waals surface area contributed by atoms with Crippen molar-refractivity contribution in [3.05, 3.63) is 51.2 Å². The van der Waals surface area contributed by atoms with E-state index in [2.05, 4.69) is 15.3 Å². The molecule has 1 saturated heterocycles. The van der Waals surface area contributed by atoms with Gasteiger partial charge in [0.05, 0.1) is 23.9 Å². The molecule has 20 heavy (non-hydrogen) atoms. The van der Waals surface area contributed by atoms with Crippen LogP contribution in [0.5, 0.6) is 0 Å².